The number of thiophene rings is 1. The highest BCUT2D eigenvalue weighted by Crippen LogP contribution is 2.36. The van der Waals surface area contributed by atoms with Gasteiger partial charge in [-0.25, -0.2) is 4.98 Å². The largest absolute Gasteiger partial charge is 0.379 e. The number of aliphatic hydroxyl groups is 1. The molecule has 5 heterocycles. The van der Waals surface area contributed by atoms with E-state index in [1.807, 2.05) is 58.1 Å². The topological polar surface area (TPSA) is 92.4 Å². The van der Waals surface area contributed by atoms with Crippen molar-refractivity contribution in [3.8, 4) is 5.00 Å². The van der Waals surface area contributed by atoms with Crippen molar-refractivity contribution in [3.63, 3.8) is 0 Å². The summed E-state index contributed by atoms with van der Waals surface area (Å²) in [5.41, 5.74) is 0.118. The van der Waals surface area contributed by atoms with Gasteiger partial charge in [0.15, 0.2) is 11.2 Å². The molecule has 38 heavy (non-hydrogen) atoms. The van der Waals surface area contributed by atoms with Crippen molar-refractivity contribution in [1.29, 1.82) is 0 Å². The highest BCUT2D eigenvalue weighted by molar-refractivity contribution is 7.18. The van der Waals surface area contributed by atoms with Crippen LogP contribution in [0.25, 0.3) is 16.0 Å². The third-order valence-electron chi connectivity index (χ3n) is 8.00. The zero-order valence-corrected chi connectivity index (χ0v) is 22.5. The maximum atomic E-state index is 13.6. The van der Waals surface area contributed by atoms with E-state index in [9.17, 15) is 14.7 Å². The second-order valence-corrected chi connectivity index (χ2v) is 12.0. The minimum atomic E-state index is -1.41. The average molecular weight is 552 g/mol. The number of benzene rings is 1. The van der Waals surface area contributed by atoms with Crippen molar-refractivity contribution in [1.82, 2.24) is 24.3 Å². The molecule has 0 radical (unpaired) electrons. The zero-order valence-electron chi connectivity index (χ0n) is 20.9. The summed E-state index contributed by atoms with van der Waals surface area (Å²) in [4.78, 5) is 33.2. The fourth-order valence-electron chi connectivity index (χ4n) is 5.87. The molecule has 2 aliphatic rings. The molecular weight excluding hydrogens is 522 g/mol. The number of carbonyl (C=O) groups is 1. The molecule has 10 heteroatoms. The number of aromatic nitrogens is 3. The standard InChI is InChI=1S/C28H30ClN5O3S/c29-23-6-7-24(38-23)34-15-10-21-25(34)31-18-33(26(21)35)17-19-8-13-32(14-9-19)27(36)28(37)11-12-30-16-22(28)20-4-2-1-3-5-20/h1-7,10,15,18-19,22,30,37H,8-9,11-14,16-17H2/t22-,28+/m0/s1. The predicted octanol–water partition coefficient (Wildman–Crippen LogP) is 3.65. The molecule has 0 spiro atoms. The number of hydrogen-bond acceptors (Lipinski definition) is 6. The maximum Gasteiger partial charge on any atom is 0.262 e. The van der Waals surface area contributed by atoms with Crippen molar-refractivity contribution in [2.75, 3.05) is 26.2 Å². The fourth-order valence-corrected chi connectivity index (χ4v) is 6.89. The first-order chi connectivity index (χ1) is 18.4. The van der Waals surface area contributed by atoms with Crippen molar-refractivity contribution in [2.45, 2.75) is 37.3 Å². The van der Waals surface area contributed by atoms with Gasteiger partial charge < -0.3 is 15.3 Å². The van der Waals surface area contributed by atoms with E-state index < -0.39 is 5.60 Å². The molecule has 2 fully saturated rings. The molecule has 2 saturated heterocycles. The number of piperidine rings is 2. The van der Waals surface area contributed by atoms with Crippen LogP contribution in [0.1, 0.15) is 30.7 Å². The normalized spacial score (nSPS) is 22.7. The van der Waals surface area contributed by atoms with E-state index in [1.165, 1.54) is 11.3 Å². The maximum absolute atomic E-state index is 13.6. The molecule has 2 N–H and O–H groups in total. The Kier molecular flexibility index (Phi) is 6.86. The van der Waals surface area contributed by atoms with E-state index >= 15 is 0 Å². The molecule has 1 aromatic carbocycles. The molecule has 3 aromatic heterocycles. The Morgan fingerprint density at radius 3 is 2.68 bits per heavy atom. The molecule has 0 saturated carbocycles. The number of rotatable bonds is 5. The lowest BCUT2D eigenvalue weighted by molar-refractivity contribution is -0.158. The highest BCUT2D eigenvalue weighted by Gasteiger charge is 2.48. The molecule has 0 unspecified atom stereocenters. The van der Waals surface area contributed by atoms with Gasteiger partial charge in [0.2, 0.25) is 0 Å². The van der Waals surface area contributed by atoms with Gasteiger partial charge >= 0.3 is 0 Å². The van der Waals surface area contributed by atoms with Crippen LogP contribution in [0.3, 0.4) is 0 Å². The van der Waals surface area contributed by atoms with Crippen molar-refractivity contribution < 1.29 is 9.90 Å². The fraction of sp³-hybridized carbons (Fsp3) is 0.393. The smallest absolute Gasteiger partial charge is 0.262 e. The lowest BCUT2D eigenvalue weighted by Crippen LogP contribution is -2.59. The summed E-state index contributed by atoms with van der Waals surface area (Å²) in [5.74, 6) is -0.208. The van der Waals surface area contributed by atoms with E-state index in [-0.39, 0.29) is 23.3 Å². The van der Waals surface area contributed by atoms with Crippen molar-refractivity contribution >= 4 is 39.9 Å². The summed E-state index contributed by atoms with van der Waals surface area (Å²) >= 11 is 7.52. The first-order valence-electron chi connectivity index (χ1n) is 13.0. The number of carbonyl (C=O) groups excluding carboxylic acids is 1. The van der Waals surface area contributed by atoms with Gasteiger partial charge in [-0.05, 0) is 55.5 Å². The average Bonchev–Trinajstić information content (AvgIpc) is 3.57. The summed E-state index contributed by atoms with van der Waals surface area (Å²) in [7, 11) is 0. The number of nitrogens with zero attached hydrogens (tertiary/aromatic N) is 4. The Hall–Kier alpha value is -2.98. The molecule has 2 aliphatic heterocycles. The second kappa shape index (κ2) is 10.3. The molecule has 0 bridgehead atoms. The number of halogens is 1. The van der Waals surface area contributed by atoms with Gasteiger partial charge in [0.25, 0.3) is 11.5 Å². The summed E-state index contributed by atoms with van der Waals surface area (Å²) in [6.45, 7) is 2.88. The highest BCUT2D eigenvalue weighted by atomic mass is 35.5. The molecule has 1 amide bonds. The van der Waals surface area contributed by atoms with E-state index in [0.29, 0.717) is 54.5 Å². The van der Waals surface area contributed by atoms with Crippen LogP contribution in [0.2, 0.25) is 4.34 Å². The van der Waals surface area contributed by atoms with Gasteiger partial charge in [-0.3, -0.25) is 18.7 Å². The van der Waals surface area contributed by atoms with Crippen LogP contribution in [0.5, 0.6) is 0 Å². The first-order valence-corrected chi connectivity index (χ1v) is 14.2. The molecule has 8 nitrogen and oxygen atoms in total. The summed E-state index contributed by atoms with van der Waals surface area (Å²) in [5, 5.41) is 16.5. The predicted molar refractivity (Wildman–Crippen MR) is 149 cm³/mol. The second-order valence-electron chi connectivity index (χ2n) is 10.3. The van der Waals surface area contributed by atoms with E-state index in [0.717, 1.165) is 23.4 Å². The Morgan fingerprint density at radius 2 is 1.95 bits per heavy atom. The zero-order chi connectivity index (χ0) is 26.3. The Labute approximate surface area is 229 Å². The Bertz CT molecular complexity index is 1510. The third-order valence-corrected chi connectivity index (χ3v) is 9.23. The molecule has 4 aromatic rings. The Morgan fingerprint density at radius 1 is 1.16 bits per heavy atom. The van der Waals surface area contributed by atoms with E-state index in [1.54, 1.807) is 17.0 Å². The molecule has 198 valence electrons. The summed E-state index contributed by atoms with van der Waals surface area (Å²) in [6.07, 6.45) is 5.41. The molecule has 2 atom stereocenters. The minimum absolute atomic E-state index is 0.0652. The van der Waals surface area contributed by atoms with Gasteiger partial charge in [0.1, 0.15) is 5.00 Å². The van der Waals surface area contributed by atoms with Crippen LogP contribution in [0.4, 0.5) is 0 Å². The van der Waals surface area contributed by atoms with Gasteiger partial charge in [0.05, 0.1) is 16.0 Å². The van der Waals surface area contributed by atoms with E-state index in [4.69, 9.17) is 11.6 Å². The number of amides is 1. The van der Waals surface area contributed by atoms with Gasteiger partial charge in [-0.1, -0.05) is 41.9 Å². The minimum Gasteiger partial charge on any atom is -0.379 e. The van der Waals surface area contributed by atoms with Gasteiger partial charge in [-0.2, -0.15) is 0 Å². The van der Waals surface area contributed by atoms with Crippen LogP contribution < -0.4 is 10.9 Å². The lowest BCUT2D eigenvalue weighted by Gasteiger charge is -2.43. The Balaban J connectivity index is 1.13. The molecular formula is C28H30ClN5O3S. The van der Waals surface area contributed by atoms with Crippen LogP contribution >= 0.6 is 22.9 Å². The lowest BCUT2D eigenvalue weighted by atomic mass is 9.76. The van der Waals surface area contributed by atoms with Crippen molar-refractivity contribution in [2.24, 2.45) is 5.92 Å². The summed E-state index contributed by atoms with van der Waals surface area (Å²) < 4.78 is 4.25. The quantitative estimate of drug-likeness (QED) is 0.395. The number of likely N-dealkylation sites (tertiary alicyclic amines) is 1. The van der Waals surface area contributed by atoms with Crippen LogP contribution in [0, 0.1) is 5.92 Å². The number of fused-ring (bicyclic) bond motifs is 1. The number of hydrogen-bond donors (Lipinski definition) is 2. The number of nitrogens with one attached hydrogen (secondary N) is 1. The van der Waals surface area contributed by atoms with Gasteiger partial charge in [0, 0.05) is 38.3 Å². The van der Waals surface area contributed by atoms with E-state index in [2.05, 4.69) is 10.3 Å². The van der Waals surface area contributed by atoms with Gasteiger partial charge in [-0.15, -0.1) is 11.3 Å². The third kappa shape index (κ3) is 4.58. The monoisotopic (exact) mass is 551 g/mol. The molecule has 0 aliphatic carbocycles. The van der Waals surface area contributed by atoms with Crippen LogP contribution in [-0.4, -0.2) is 61.8 Å². The van der Waals surface area contributed by atoms with Crippen LogP contribution in [0.15, 0.2) is 65.8 Å². The summed E-state index contributed by atoms with van der Waals surface area (Å²) in [6, 6.07) is 15.3. The van der Waals surface area contributed by atoms with Crippen LogP contribution in [-0.2, 0) is 11.3 Å². The first kappa shape index (κ1) is 25.3. The molecule has 6 rings (SSSR count). The SMILES string of the molecule is O=C(N1CCC(Cn2cnc3c(ccn3-c3ccc(Cl)s3)c2=O)CC1)[C@@]1(O)CCNC[C@H]1c1ccccc1. The van der Waals surface area contributed by atoms with Crippen molar-refractivity contribution in [3.05, 3.63) is 81.3 Å².